The number of halogens is 3. The molecule has 2 heterocycles. The zero-order valence-corrected chi connectivity index (χ0v) is 10.6. The minimum absolute atomic E-state index is 0.0274. The second kappa shape index (κ2) is 4.86. The molecule has 1 fully saturated rings. The third-order valence-corrected chi connectivity index (χ3v) is 3.46. The Morgan fingerprint density at radius 3 is 2.62 bits per heavy atom. The Morgan fingerprint density at radius 2 is 2.00 bits per heavy atom. The van der Waals surface area contributed by atoms with Crippen LogP contribution in [0.15, 0.2) is 17.3 Å². The maximum absolute atomic E-state index is 13.4. The Balaban J connectivity index is 2.07. The van der Waals surface area contributed by atoms with Crippen molar-refractivity contribution in [2.75, 3.05) is 19.8 Å². The fourth-order valence-corrected chi connectivity index (χ4v) is 2.40. The fourth-order valence-electron chi connectivity index (χ4n) is 2.40. The highest BCUT2D eigenvalue weighted by atomic mass is 19.2. The first kappa shape index (κ1) is 14.1. The number of fused-ring (bicyclic) bond motifs is 1. The van der Waals surface area contributed by atoms with Gasteiger partial charge in [-0.1, -0.05) is 5.16 Å². The van der Waals surface area contributed by atoms with Crippen molar-refractivity contribution >= 4 is 5.84 Å². The molecule has 2 unspecified atom stereocenters. The van der Waals surface area contributed by atoms with E-state index in [4.69, 9.17) is 9.57 Å². The first-order valence-electron chi connectivity index (χ1n) is 6.09. The zero-order valence-electron chi connectivity index (χ0n) is 10.6. The van der Waals surface area contributed by atoms with Crippen molar-refractivity contribution < 1.29 is 33.0 Å². The maximum Gasteiger partial charge on any atom is 0.260 e. The van der Waals surface area contributed by atoms with Gasteiger partial charge in [-0.15, -0.1) is 0 Å². The Bertz CT molecular complexity index is 589. The molecular weight excluding hydrogens is 293 g/mol. The molecule has 0 aromatic heterocycles. The summed E-state index contributed by atoms with van der Waals surface area (Å²) in [5.74, 6) is -4.47. The molecular formula is C12H11F3N2O4. The molecule has 2 aliphatic heterocycles. The van der Waals surface area contributed by atoms with E-state index in [0.717, 1.165) is 12.1 Å². The lowest BCUT2D eigenvalue weighted by Crippen LogP contribution is -2.56. The molecule has 2 N–H and O–H groups in total. The van der Waals surface area contributed by atoms with E-state index in [2.05, 4.69) is 5.16 Å². The standard InChI is InChI=1S/C12H11F3N2O4/c13-7-3-6(4-8(14)9(7)15)12(5-18)17-1-2-20-11(19)10(17)16-21-12/h3-4,11,18-19H,1-2,5H2. The quantitative estimate of drug-likeness (QED) is 0.766. The van der Waals surface area contributed by atoms with Crippen LogP contribution in [0.1, 0.15) is 5.56 Å². The molecule has 9 heteroatoms. The predicted molar refractivity (Wildman–Crippen MR) is 62.3 cm³/mol. The minimum Gasteiger partial charge on any atom is -0.390 e. The highest BCUT2D eigenvalue weighted by Gasteiger charge is 2.51. The van der Waals surface area contributed by atoms with Gasteiger partial charge in [0.2, 0.25) is 12.1 Å². The van der Waals surface area contributed by atoms with Crippen molar-refractivity contribution in [3.63, 3.8) is 0 Å². The van der Waals surface area contributed by atoms with Gasteiger partial charge in [-0.25, -0.2) is 13.2 Å². The van der Waals surface area contributed by atoms with Gasteiger partial charge in [-0.05, 0) is 12.1 Å². The van der Waals surface area contributed by atoms with Crippen molar-refractivity contribution in [2.24, 2.45) is 5.16 Å². The van der Waals surface area contributed by atoms with Crippen LogP contribution >= 0.6 is 0 Å². The molecule has 1 saturated heterocycles. The van der Waals surface area contributed by atoms with E-state index in [1.54, 1.807) is 0 Å². The van der Waals surface area contributed by atoms with E-state index in [9.17, 15) is 23.4 Å². The highest BCUT2D eigenvalue weighted by Crippen LogP contribution is 2.38. The van der Waals surface area contributed by atoms with Crippen LogP contribution < -0.4 is 0 Å². The fraction of sp³-hybridized carbons (Fsp3) is 0.417. The number of aliphatic hydroxyl groups excluding tert-OH is 2. The van der Waals surface area contributed by atoms with Crippen LogP contribution in [0.5, 0.6) is 0 Å². The number of nitrogens with zero attached hydrogens (tertiary/aromatic N) is 2. The van der Waals surface area contributed by atoms with Crippen LogP contribution in [-0.4, -0.2) is 47.0 Å². The molecule has 0 aliphatic carbocycles. The topological polar surface area (TPSA) is 74.5 Å². The molecule has 1 aromatic carbocycles. The van der Waals surface area contributed by atoms with Gasteiger partial charge in [0.05, 0.1) is 6.61 Å². The lowest BCUT2D eigenvalue weighted by molar-refractivity contribution is -0.158. The molecule has 0 bridgehead atoms. The predicted octanol–water partition coefficient (Wildman–Crippen LogP) is 0.243. The smallest absolute Gasteiger partial charge is 0.260 e. The molecule has 0 spiro atoms. The van der Waals surface area contributed by atoms with E-state index in [1.807, 2.05) is 0 Å². The number of amidine groups is 1. The number of morpholine rings is 1. The summed E-state index contributed by atoms with van der Waals surface area (Å²) in [5.41, 5.74) is -1.88. The highest BCUT2D eigenvalue weighted by molar-refractivity contribution is 5.87. The molecule has 0 saturated carbocycles. The zero-order chi connectivity index (χ0) is 15.2. The molecule has 6 nitrogen and oxygen atoms in total. The van der Waals surface area contributed by atoms with E-state index in [-0.39, 0.29) is 24.6 Å². The summed E-state index contributed by atoms with van der Waals surface area (Å²) < 4.78 is 44.8. The summed E-state index contributed by atoms with van der Waals surface area (Å²) in [6, 6.07) is 1.43. The number of oxime groups is 1. The van der Waals surface area contributed by atoms with Crippen molar-refractivity contribution in [3.05, 3.63) is 35.1 Å². The van der Waals surface area contributed by atoms with Gasteiger partial charge in [-0.3, -0.25) is 0 Å². The average Bonchev–Trinajstić information content (AvgIpc) is 2.85. The second-order valence-corrected chi connectivity index (χ2v) is 4.61. The number of benzene rings is 1. The van der Waals surface area contributed by atoms with Crippen LogP contribution in [0, 0.1) is 17.5 Å². The number of ether oxygens (including phenoxy) is 1. The van der Waals surface area contributed by atoms with Gasteiger partial charge in [0.15, 0.2) is 17.5 Å². The van der Waals surface area contributed by atoms with Gasteiger partial charge in [0.1, 0.15) is 6.61 Å². The molecule has 0 radical (unpaired) electrons. The summed E-state index contributed by atoms with van der Waals surface area (Å²) in [6.07, 6.45) is -1.37. The lowest BCUT2D eigenvalue weighted by Gasteiger charge is -2.39. The number of aliphatic hydroxyl groups is 2. The van der Waals surface area contributed by atoms with E-state index in [0.29, 0.717) is 0 Å². The second-order valence-electron chi connectivity index (χ2n) is 4.61. The molecule has 3 rings (SSSR count). The van der Waals surface area contributed by atoms with Crippen LogP contribution in [-0.2, 0) is 15.3 Å². The van der Waals surface area contributed by atoms with Gasteiger partial charge >= 0.3 is 0 Å². The van der Waals surface area contributed by atoms with E-state index in [1.165, 1.54) is 4.90 Å². The van der Waals surface area contributed by atoms with Crippen molar-refractivity contribution in [1.82, 2.24) is 4.90 Å². The molecule has 2 aliphatic rings. The third kappa shape index (κ3) is 1.96. The lowest BCUT2D eigenvalue weighted by atomic mass is 10.0. The van der Waals surface area contributed by atoms with Crippen LogP contribution in [0.2, 0.25) is 0 Å². The number of hydrogen-bond donors (Lipinski definition) is 2. The molecule has 1 aromatic rings. The number of rotatable bonds is 2. The molecule has 21 heavy (non-hydrogen) atoms. The van der Waals surface area contributed by atoms with Gasteiger partial charge in [0.25, 0.3) is 5.72 Å². The summed E-state index contributed by atoms with van der Waals surface area (Å²) in [7, 11) is 0. The summed E-state index contributed by atoms with van der Waals surface area (Å²) in [4.78, 5) is 6.44. The average molecular weight is 304 g/mol. The van der Waals surface area contributed by atoms with Gasteiger partial charge in [-0.2, -0.15) is 0 Å². The molecule has 0 amide bonds. The number of hydrogen-bond acceptors (Lipinski definition) is 6. The van der Waals surface area contributed by atoms with Crippen LogP contribution in [0.4, 0.5) is 13.2 Å². The summed E-state index contributed by atoms with van der Waals surface area (Å²) in [5, 5.41) is 22.9. The first-order valence-corrected chi connectivity index (χ1v) is 6.09. The van der Waals surface area contributed by atoms with Crippen molar-refractivity contribution in [2.45, 2.75) is 12.0 Å². The van der Waals surface area contributed by atoms with E-state index < -0.39 is 36.1 Å². The first-order chi connectivity index (χ1) is 9.99. The Hall–Kier alpha value is -1.84. The molecule has 2 atom stereocenters. The van der Waals surface area contributed by atoms with Crippen molar-refractivity contribution in [1.29, 1.82) is 0 Å². The van der Waals surface area contributed by atoms with Crippen molar-refractivity contribution in [3.8, 4) is 0 Å². The normalized spacial score (nSPS) is 28.1. The van der Waals surface area contributed by atoms with E-state index >= 15 is 0 Å². The van der Waals surface area contributed by atoms with Crippen LogP contribution in [0.3, 0.4) is 0 Å². The van der Waals surface area contributed by atoms with Gasteiger partial charge in [0, 0.05) is 12.1 Å². The van der Waals surface area contributed by atoms with Crippen LogP contribution in [0.25, 0.3) is 0 Å². The monoisotopic (exact) mass is 304 g/mol. The summed E-state index contributed by atoms with van der Waals surface area (Å²) >= 11 is 0. The third-order valence-electron chi connectivity index (χ3n) is 3.46. The molecule has 114 valence electrons. The Kier molecular flexibility index (Phi) is 3.27. The Morgan fingerprint density at radius 1 is 1.33 bits per heavy atom. The summed E-state index contributed by atoms with van der Waals surface area (Å²) in [6.45, 7) is -0.453. The maximum atomic E-state index is 13.4. The SMILES string of the molecule is OCC1(c2cc(F)c(F)c(F)c2)ON=C2C(O)OCCN21. The Labute approximate surface area is 117 Å². The minimum atomic E-state index is -1.73. The largest absolute Gasteiger partial charge is 0.390 e. The van der Waals surface area contributed by atoms with Gasteiger partial charge < -0.3 is 24.7 Å².